The van der Waals surface area contributed by atoms with Gasteiger partial charge in [0.25, 0.3) is 5.91 Å². The molecule has 8 nitrogen and oxygen atoms in total. The number of halogens is 1. The molecule has 0 aliphatic carbocycles. The number of rotatable bonds is 6. The van der Waals surface area contributed by atoms with Crippen LogP contribution in [0.2, 0.25) is 0 Å². The normalized spacial score (nSPS) is 11.4. The number of nitrogens with one attached hydrogen (secondary N) is 2. The Morgan fingerprint density at radius 3 is 2.56 bits per heavy atom. The van der Waals surface area contributed by atoms with E-state index < -0.39 is 24.0 Å². The summed E-state index contributed by atoms with van der Waals surface area (Å²) in [5.74, 6) is -1.80. The topological polar surface area (TPSA) is 110 Å². The SMILES string of the molecule is CC(NC(=O)OCc1ccccc1)C(=O)Nn1ccc(Br)c1C(=O)O. The summed E-state index contributed by atoms with van der Waals surface area (Å²) >= 11 is 3.08. The van der Waals surface area contributed by atoms with Crippen LogP contribution in [0.25, 0.3) is 0 Å². The van der Waals surface area contributed by atoms with Gasteiger partial charge in [-0.2, -0.15) is 0 Å². The van der Waals surface area contributed by atoms with Gasteiger partial charge >= 0.3 is 12.1 Å². The van der Waals surface area contributed by atoms with E-state index in [4.69, 9.17) is 9.84 Å². The third-order valence-corrected chi connectivity index (χ3v) is 3.85. The zero-order valence-electron chi connectivity index (χ0n) is 13.2. The molecule has 2 aromatic rings. The second kappa shape index (κ2) is 8.34. The number of carbonyl (C=O) groups excluding carboxylic acids is 2. The first kappa shape index (κ1) is 18.5. The Bertz CT molecular complexity index is 775. The van der Waals surface area contributed by atoms with Crippen molar-refractivity contribution in [2.24, 2.45) is 0 Å². The number of ether oxygens (including phenoxy) is 1. The largest absolute Gasteiger partial charge is 0.476 e. The van der Waals surface area contributed by atoms with Crippen molar-refractivity contribution in [1.29, 1.82) is 0 Å². The van der Waals surface area contributed by atoms with Gasteiger partial charge in [0.15, 0.2) is 5.69 Å². The number of alkyl carbamates (subject to hydrolysis) is 1. The summed E-state index contributed by atoms with van der Waals surface area (Å²) in [6.45, 7) is 1.53. The van der Waals surface area contributed by atoms with E-state index in [0.29, 0.717) is 4.47 Å². The molecular weight excluding hydrogens is 394 g/mol. The molecule has 2 rings (SSSR count). The number of aromatic nitrogens is 1. The van der Waals surface area contributed by atoms with Gasteiger partial charge in [-0.3, -0.25) is 14.9 Å². The van der Waals surface area contributed by atoms with E-state index in [1.54, 1.807) is 12.1 Å². The number of hydrogen-bond acceptors (Lipinski definition) is 4. The number of amides is 2. The first-order chi connectivity index (χ1) is 11.9. The van der Waals surface area contributed by atoms with Crippen LogP contribution < -0.4 is 10.7 Å². The lowest BCUT2D eigenvalue weighted by Gasteiger charge is -2.15. The van der Waals surface area contributed by atoms with Crippen LogP contribution in [0.4, 0.5) is 4.79 Å². The van der Waals surface area contributed by atoms with Gasteiger partial charge in [0, 0.05) is 6.20 Å². The monoisotopic (exact) mass is 409 g/mol. The molecule has 25 heavy (non-hydrogen) atoms. The number of hydrogen-bond donors (Lipinski definition) is 3. The first-order valence-corrected chi connectivity index (χ1v) is 8.06. The maximum atomic E-state index is 12.1. The summed E-state index contributed by atoms with van der Waals surface area (Å²) in [6, 6.07) is 9.66. The van der Waals surface area contributed by atoms with Gasteiger partial charge in [-0.15, -0.1) is 0 Å². The summed E-state index contributed by atoms with van der Waals surface area (Å²) in [6.07, 6.45) is 0.630. The molecule has 0 saturated heterocycles. The standard InChI is InChI=1S/C16H16BrN3O5/c1-10(18-16(24)25-9-11-5-3-2-4-6-11)14(21)19-20-8-7-12(17)13(20)15(22)23/h2-8,10H,9H2,1H3,(H,18,24)(H,19,21)(H,22,23). The molecule has 0 spiro atoms. The van der Waals surface area contributed by atoms with Gasteiger partial charge in [-0.05, 0) is 34.5 Å². The van der Waals surface area contributed by atoms with Crippen molar-refractivity contribution in [2.45, 2.75) is 19.6 Å². The molecule has 132 valence electrons. The van der Waals surface area contributed by atoms with Gasteiger partial charge in [-0.1, -0.05) is 30.3 Å². The van der Waals surface area contributed by atoms with Crippen molar-refractivity contribution >= 4 is 33.9 Å². The average molecular weight is 410 g/mol. The Morgan fingerprint density at radius 1 is 1.24 bits per heavy atom. The Hall–Kier alpha value is -2.81. The number of carboxylic acids is 1. The second-order valence-electron chi connectivity index (χ2n) is 5.09. The van der Waals surface area contributed by atoms with Gasteiger partial charge in [0.2, 0.25) is 0 Å². The van der Waals surface area contributed by atoms with Crippen molar-refractivity contribution < 1.29 is 24.2 Å². The third kappa shape index (κ3) is 5.08. The maximum Gasteiger partial charge on any atom is 0.408 e. The van der Waals surface area contributed by atoms with E-state index in [-0.39, 0.29) is 12.3 Å². The number of carbonyl (C=O) groups is 3. The van der Waals surface area contributed by atoms with Crippen molar-refractivity contribution in [2.75, 3.05) is 5.43 Å². The zero-order valence-corrected chi connectivity index (χ0v) is 14.8. The van der Waals surface area contributed by atoms with Crippen molar-refractivity contribution in [3.8, 4) is 0 Å². The Labute approximate surface area is 151 Å². The molecule has 1 atom stereocenters. The van der Waals surface area contributed by atoms with Crippen LogP contribution in [0.15, 0.2) is 47.1 Å². The molecule has 1 aromatic carbocycles. The van der Waals surface area contributed by atoms with Crippen LogP contribution >= 0.6 is 15.9 Å². The second-order valence-corrected chi connectivity index (χ2v) is 5.95. The van der Waals surface area contributed by atoms with Gasteiger partial charge in [-0.25, -0.2) is 9.59 Å². The molecule has 1 unspecified atom stereocenters. The van der Waals surface area contributed by atoms with Crippen LogP contribution in [0, 0.1) is 0 Å². The van der Waals surface area contributed by atoms with Crippen LogP contribution in [0.1, 0.15) is 23.0 Å². The minimum absolute atomic E-state index is 0.0781. The molecule has 0 aliphatic heterocycles. The molecule has 0 aliphatic rings. The molecule has 1 aromatic heterocycles. The average Bonchev–Trinajstić information content (AvgIpc) is 2.94. The lowest BCUT2D eigenvalue weighted by Crippen LogP contribution is -2.44. The van der Waals surface area contributed by atoms with Crippen LogP contribution in [0.3, 0.4) is 0 Å². The number of benzene rings is 1. The van der Waals surface area contributed by atoms with E-state index in [2.05, 4.69) is 26.7 Å². The van der Waals surface area contributed by atoms with Crippen molar-refractivity contribution in [1.82, 2.24) is 9.99 Å². The molecule has 9 heteroatoms. The van der Waals surface area contributed by atoms with Crippen molar-refractivity contribution in [3.05, 3.63) is 58.3 Å². The van der Waals surface area contributed by atoms with E-state index in [0.717, 1.165) is 10.2 Å². The molecular formula is C16H16BrN3O5. The summed E-state index contributed by atoms with van der Waals surface area (Å²) in [5.41, 5.74) is 3.07. The Morgan fingerprint density at radius 2 is 1.92 bits per heavy atom. The Balaban J connectivity index is 1.88. The number of carboxylic acid groups (broad SMARTS) is 1. The summed E-state index contributed by atoms with van der Waals surface area (Å²) in [5, 5.41) is 11.5. The quantitative estimate of drug-likeness (QED) is 0.677. The minimum Gasteiger partial charge on any atom is -0.476 e. The highest BCUT2D eigenvalue weighted by molar-refractivity contribution is 9.10. The van der Waals surface area contributed by atoms with Gasteiger partial charge in [0.1, 0.15) is 12.6 Å². The highest BCUT2D eigenvalue weighted by Crippen LogP contribution is 2.16. The molecule has 0 saturated carbocycles. The lowest BCUT2D eigenvalue weighted by molar-refractivity contribution is -0.118. The predicted molar refractivity (Wildman–Crippen MR) is 92.7 cm³/mol. The summed E-state index contributed by atoms with van der Waals surface area (Å²) in [4.78, 5) is 35.0. The van der Waals surface area contributed by atoms with Crippen LogP contribution in [0.5, 0.6) is 0 Å². The fourth-order valence-corrected chi connectivity index (χ4v) is 2.41. The Kier molecular flexibility index (Phi) is 6.18. The smallest absolute Gasteiger partial charge is 0.408 e. The first-order valence-electron chi connectivity index (χ1n) is 7.26. The number of nitrogens with zero attached hydrogens (tertiary/aromatic N) is 1. The summed E-state index contributed by atoms with van der Waals surface area (Å²) in [7, 11) is 0. The predicted octanol–water partition coefficient (Wildman–Crippen LogP) is 2.33. The maximum absolute atomic E-state index is 12.1. The highest BCUT2D eigenvalue weighted by Gasteiger charge is 2.20. The van der Waals surface area contributed by atoms with E-state index in [9.17, 15) is 14.4 Å². The highest BCUT2D eigenvalue weighted by atomic mass is 79.9. The number of aromatic carboxylic acids is 1. The molecule has 1 heterocycles. The molecule has 0 radical (unpaired) electrons. The van der Waals surface area contributed by atoms with Gasteiger partial charge < -0.3 is 15.2 Å². The molecule has 0 fully saturated rings. The van der Waals surface area contributed by atoms with Crippen LogP contribution in [-0.4, -0.2) is 33.8 Å². The van der Waals surface area contributed by atoms with E-state index in [1.807, 2.05) is 18.2 Å². The molecule has 0 bridgehead atoms. The lowest BCUT2D eigenvalue weighted by atomic mass is 10.2. The van der Waals surface area contributed by atoms with Gasteiger partial charge in [0.05, 0.1) is 4.47 Å². The summed E-state index contributed by atoms with van der Waals surface area (Å²) < 4.78 is 6.41. The molecule has 3 N–H and O–H groups in total. The van der Waals surface area contributed by atoms with Crippen molar-refractivity contribution in [3.63, 3.8) is 0 Å². The third-order valence-electron chi connectivity index (χ3n) is 3.21. The fourth-order valence-electron chi connectivity index (χ4n) is 1.93. The molecule has 2 amide bonds. The van der Waals surface area contributed by atoms with E-state index >= 15 is 0 Å². The van der Waals surface area contributed by atoms with Crippen LogP contribution in [-0.2, 0) is 16.1 Å². The zero-order chi connectivity index (χ0) is 18.4. The fraction of sp³-hybridized carbons (Fsp3) is 0.188. The van der Waals surface area contributed by atoms with E-state index in [1.165, 1.54) is 19.2 Å². The minimum atomic E-state index is -1.21.